The molecule has 1 N–H and O–H groups in total. The summed E-state index contributed by atoms with van der Waals surface area (Å²) in [5.41, 5.74) is 3.72. The summed E-state index contributed by atoms with van der Waals surface area (Å²) in [5.74, 6) is -0.229. The van der Waals surface area contributed by atoms with E-state index in [9.17, 15) is 4.39 Å². The fourth-order valence-corrected chi connectivity index (χ4v) is 2.87. The molecule has 3 heteroatoms. The Kier molecular flexibility index (Phi) is 3.08. The second-order valence-electron chi connectivity index (χ2n) is 4.56. The molecule has 1 nitrogen and oxygen atoms in total. The Hall–Kier alpha value is -1.35. The minimum Gasteiger partial charge on any atom is -0.378 e. The summed E-state index contributed by atoms with van der Waals surface area (Å²) >= 11 is 3.21. The highest BCUT2D eigenvalue weighted by Crippen LogP contribution is 2.34. The lowest BCUT2D eigenvalue weighted by Gasteiger charge is -2.15. The van der Waals surface area contributed by atoms with Crippen molar-refractivity contribution in [1.82, 2.24) is 0 Å². The monoisotopic (exact) mass is 305 g/mol. The van der Waals surface area contributed by atoms with Crippen LogP contribution in [0, 0.1) is 5.82 Å². The molecule has 0 aliphatic heterocycles. The molecule has 0 heterocycles. The van der Waals surface area contributed by atoms with Crippen LogP contribution in [0.2, 0.25) is 0 Å². The van der Waals surface area contributed by atoms with Gasteiger partial charge in [-0.25, -0.2) is 4.39 Å². The van der Waals surface area contributed by atoms with Gasteiger partial charge < -0.3 is 5.32 Å². The van der Waals surface area contributed by atoms with E-state index in [0.29, 0.717) is 10.5 Å². The molecule has 0 saturated heterocycles. The fourth-order valence-electron chi connectivity index (χ4n) is 2.49. The van der Waals surface area contributed by atoms with Crippen LogP contribution in [0.4, 0.5) is 10.1 Å². The first-order valence-electron chi connectivity index (χ1n) is 6.03. The van der Waals surface area contributed by atoms with E-state index in [2.05, 4.69) is 45.5 Å². The Morgan fingerprint density at radius 1 is 1.17 bits per heavy atom. The van der Waals surface area contributed by atoms with Crippen LogP contribution in [0.15, 0.2) is 46.9 Å². The highest BCUT2D eigenvalue weighted by molar-refractivity contribution is 9.10. The molecule has 0 fully saturated rings. The van der Waals surface area contributed by atoms with Crippen LogP contribution in [-0.2, 0) is 6.42 Å². The summed E-state index contributed by atoms with van der Waals surface area (Å²) in [4.78, 5) is 0. The number of aryl methyl sites for hydroxylation is 1. The molecule has 0 bridgehead atoms. The van der Waals surface area contributed by atoms with Gasteiger partial charge >= 0.3 is 0 Å². The van der Waals surface area contributed by atoms with Gasteiger partial charge in [0.1, 0.15) is 5.82 Å². The number of nitrogens with one attached hydrogen (secondary N) is 1. The van der Waals surface area contributed by atoms with E-state index in [-0.39, 0.29) is 5.82 Å². The van der Waals surface area contributed by atoms with Crippen LogP contribution in [-0.4, -0.2) is 0 Å². The first-order chi connectivity index (χ1) is 8.74. The SMILES string of the molecule is Fc1ccc(NC2CCc3ccccc32)cc1Br. The van der Waals surface area contributed by atoms with E-state index in [4.69, 9.17) is 0 Å². The Morgan fingerprint density at radius 3 is 2.83 bits per heavy atom. The second kappa shape index (κ2) is 4.73. The number of rotatable bonds is 2. The molecule has 1 aliphatic rings. The molecule has 0 amide bonds. The molecule has 0 spiro atoms. The highest BCUT2D eigenvalue weighted by atomic mass is 79.9. The van der Waals surface area contributed by atoms with E-state index < -0.39 is 0 Å². The lowest BCUT2D eigenvalue weighted by molar-refractivity contribution is 0.621. The topological polar surface area (TPSA) is 12.0 Å². The normalized spacial score (nSPS) is 17.6. The predicted octanol–water partition coefficient (Wildman–Crippen LogP) is 4.69. The molecule has 0 aromatic heterocycles. The Labute approximate surface area is 114 Å². The van der Waals surface area contributed by atoms with Crippen LogP contribution < -0.4 is 5.32 Å². The molecular formula is C15H13BrFN. The van der Waals surface area contributed by atoms with Crippen LogP contribution >= 0.6 is 15.9 Å². The summed E-state index contributed by atoms with van der Waals surface area (Å²) < 4.78 is 13.7. The van der Waals surface area contributed by atoms with Gasteiger partial charge in [-0.3, -0.25) is 0 Å². The van der Waals surface area contributed by atoms with Crippen LogP contribution in [0.1, 0.15) is 23.6 Å². The summed E-state index contributed by atoms with van der Waals surface area (Å²) in [5, 5.41) is 3.47. The molecule has 0 saturated carbocycles. The van der Waals surface area contributed by atoms with E-state index >= 15 is 0 Å². The molecule has 2 aromatic carbocycles. The summed E-state index contributed by atoms with van der Waals surface area (Å²) in [6, 6.07) is 13.9. The number of benzene rings is 2. The zero-order valence-electron chi connectivity index (χ0n) is 9.79. The van der Waals surface area contributed by atoms with Crippen molar-refractivity contribution in [1.29, 1.82) is 0 Å². The average molecular weight is 306 g/mol. The number of hydrogen-bond acceptors (Lipinski definition) is 1. The maximum Gasteiger partial charge on any atom is 0.137 e. The molecule has 1 atom stereocenters. The standard InChI is InChI=1S/C15H13BrFN/c16-13-9-11(6-7-14(13)17)18-15-8-5-10-3-1-2-4-12(10)15/h1-4,6-7,9,15,18H,5,8H2. The number of anilines is 1. The quantitative estimate of drug-likeness (QED) is 0.849. The number of halogens is 2. The molecular weight excluding hydrogens is 293 g/mol. The largest absolute Gasteiger partial charge is 0.378 e. The van der Waals surface area contributed by atoms with Crippen molar-refractivity contribution < 1.29 is 4.39 Å². The molecule has 1 unspecified atom stereocenters. The lowest BCUT2D eigenvalue weighted by Crippen LogP contribution is -2.07. The van der Waals surface area contributed by atoms with E-state index in [0.717, 1.165) is 18.5 Å². The van der Waals surface area contributed by atoms with Gasteiger partial charge in [0.2, 0.25) is 0 Å². The second-order valence-corrected chi connectivity index (χ2v) is 5.42. The fraction of sp³-hybridized carbons (Fsp3) is 0.200. The number of hydrogen-bond donors (Lipinski definition) is 1. The highest BCUT2D eigenvalue weighted by Gasteiger charge is 2.21. The van der Waals surface area contributed by atoms with Crippen molar-refractivity contribution in [3.05, 3.63) is 63.9 Å². The van der Waals surface area contributed by atoms with Crippen molar-refractivity contribution >= 4 is 21.6 Å². The smallest absolute Gasteiger partial charge is 0.137 e. The first kappa shape index (κ1) is 11.7. The maximum absolute atomic E-state index is 13.2. The van der Waals surface area contributed by atoms with Crippen LogP contribution in [0.5, 0.6) is 0 Å². The van der Waals surface area contributed by atoms with Crippen molar-refractivity contribution in [3.63, 3.8) is 0 Å². The average Bonchev–Trinajstić information content (AvgIpc) is 2.78. The number of fused-ring (bicyclic) bond motifs is 1. The third kappa shape index (κ3) is 2.15. The van der Waals surface area contributed by atoms with Gasteiger partial charge in [0, 0.05) is 5.69 Å². The summed E-state index contributed by atoms with van der Waals surface area (Å²) in [7, 11) is 0. The minimum atomic E-state index is -0.229. The summed E-state index contributed by atoms with van der Waals surface area (Å²) in [6.45, 7) is 0. The summed E-state index contributed by atoms with van der Waals surface area (Å²) in [6.07, 6.45) is 2.20. The van der Waals surface area contributed by atoms with Gasteiger partial charge in [-0.1, -0.05) is 24.3 Å². The molecule has 3 rings (SSSR count). The van der Waals surface area contributed by atoms with E-state index in [1.54, 1.807) is 12.1 Å². The third-order valence-electron chi connectivity index (χ3n) is 3.39. The molecule has 1 aliphatic carbocycles. The lowest BCUT2D eigenvalue weighted by atomic mass is 10.1. The van der Waals surface area contributed by atoms with E-state index in [1.165, 1.54) is 17.2 Å². The zero-order valence-corrected chi connectivity index (χ0v) is 11.4. The molecule has 2 aromatic rings. The minimum absolute atomic E-state index is 0.229. The third-order valence-corrected chi connectivity index (χ3v) is 4.00. The van der Waals surface area contributed by atoms with Crippen LogP contribution in [0.3, 0.4) is 0 Å². The van der Waals surface area contributed by atoms with Crippen LogP contribution in [0.25, 0.3) is 0 Å². The Morgan fingerprint density at radius 2 is 2.00 bits per heavy atom. The van der Waals surface area contributed by atoms with Crippen molar-refractivity contribution in [3.8, 4) is 0 Å². The van der Waals surface area contributed by atoms with E-state index in [1.807, 2.05) is 0 Å². The van der Waals surface area contributed by atoms with Gasteiger partial charge in [0.15, 0.2) is 0 Å². The van der Waals surface area contributed by atoms with Gasteiger partial charge in [0.25, 0.3) is 0 Å². The van der Waals surface area contributed by atoms with Gasteiger partial charge in [-0.05, 0) is 58.1 Å². The Bertz CT molecular complexity index is 582. The first-order valence-corrected chi connectivity index (χ1v) is 6.83. The zero-order chi connectivity index (χ0) is 12.5. The van der Waals surface area contributed by atoms with Gasteiger partial charge in [-0.15, -0.1) is 0 Å². The Balaban J connectivity index is 1.84. The molecule has 18 heavy (non-hydrogen) atoms. The van der Waals surface area contributed by atoms with Gasteiger partial charge in [-0.2, -0.15) is 0 Å². The predicted molar refractivity (Wildman–Crippen MR) is 75.2 cm³/mol. The van der Waals surface area contributed by atoms with Crippen molar-refractivity contribution in [2.75, 3.05) is 5.32 Å². The maximum atomic E-state index is 13.2. The van der Waals surface area contributed by atoms with Crippen molar-refractivity contribution in [2.45, 2.75) is 18.9 Å². The van der Waals surface area contributed by atoms with Crippen molar-refractivity contribution in [2.24, 2.45) is 0 Å². The molecule has 0 radical (unpaired) electrons. The van der Waals surface area contributed by atoms with Gasteiger partial charge in [0.05, 0.1) is 10.5 Å². The molecule has 92 valence electrons.